The molecule has 0 aliphatic carbocycles. The minimum Gasteiger partial charge on any atom is -0.467 e. The molecule has 0 amide bonds. The Morgan fingerprint density at radius 3 is 3.17 bits per heavy atom. The van der Waals surface area contributed by atoms with Crippen LogP contribution in [0.3, 0.4) is 0 Å². The number of ether oxygens (including phenoxy) is 2. The Balaban J connectivity index is 2.36. The van der Waals surface area contributed by atoms with Crippen molar-refractivity contribution >= 4 is 0 Å². The molecule has 64 valence electrons. The van der Waals surface area contributed by atoms with Crippen molar-refractivity contribution in [1.82, 2.24) is 0 Å². The number of aryl methyl sites for hydroxylation is 1. The molecule has 0 atom stereocenters. The molecule has 0 saturated heterocycles. The van der Waals surface area contributed by atoms with E-state index in [1.165, 1.54) is 5.56 Å². The summed E-state index contributed by atoms with van der Waals surface area (Å²) in [7, 11) is 0. The van der Waals surface area contributed by atoms with Crippen LogP contribution in [0.2, 0.25) is 0 Å². The van der Waals surface area contributed by atoms with Gasteiger partial charge in [-0.1, -0.05) is 19.1 Å². The number of rotatable bonds is 1. The monoisotopic (exact) mass is 164 g/mol. The molecule has 0 fully saturated rings. The fourth-order valence-corrected chi connectivity index (χ4v) is 1.33. The third-order valence-electron chi connectivity index (χ3n) is 2.10. The second kappa shape index (κ2) is 3.15. The van der Waals surface area contributed by atoms with Crippen LogP contribution in [-0.2, 0) is 17.8 Å². The zero-order valence-corrected chi connectivity index (χ0v) is 7.17. The standard InChI is InChI=1S/C10H12O2/c1-2-8-3-4-9-6-11-7-12-10(9)5-8/h3-5H,2,6-7H2,1H3. The van der Waals surface area contributed by atoms with E-state index in [-0.39, 0.29) is 0 Å². The molecule has 1 aliphatic rings. The molecule has 1 aromatic carbocycles. The van der Waals surface area contributed by atoms with Crippen LogP contribution in [0.1, 0.15) is 18.1 Å². The summed E-state index contributed by atoms with van der Waals surface area (Å²) in [4.78, 5) is 0. The molecule has 2 nitrogen and oxygen atoms in total. The SMILES string of the molecule is CCc1ccc2c(c1)OCOC2. The average molecular weight is 164 g/mol. The molecule has 0 N–H and O–H groups in total. The second-order valence-corrected chi connectivity index (χ2v) is 2.91. The Bertz CT molecular complexity index is 281. The predicted octanol–water partition coefficient (Wildman–Crippen LogP) is 2.12. The molecule has 0 spiro atoms. The van der Waals surface area contributed by atoms with Crippen LogP contribution in [0.15, 0.2) is 18.2 Å². The summed E-state index contributed by atoms with van der Waals surface area (Å²) in [6.07, 6.45) is 1.05. The van der Waals surface area contributed by atoms with Crippen LogP contribution in [0.25, 0.3) is 0 Å². The molecule has 0 radical (unpaired) electrons. The molecule has 0 saturated carbocycles. The van der Waals surface area contributed by atoms with Gasteiger partial charge >= 0.3 is 0 Å². The summed E-state index contributed by atoms with van der Waals surface area (Å²) >= 11 is 0. The molecular formula is C10H12O2. The van der Waals surface area contributed by atoms with E-state index in [1.54, 1.807) is 0 Å². The molecule has 1 aliphatic heterocycles. The molecule has 12 heavy (non-hydrogen) atoms. The fourth-order valence-electron chi connectivity index (χ4n) is 1.33. The molecule has 1 heterocycles. The topological polar surface area (TPSA) is 18.5 Å². The first kappa shape index (κ1) is 7.62. The van der Waals surface area contributed by atoms with Gasteiger partial charge in [-0.15, -0.1) is 0 Å². The largest absolute Gasteiger partial charge is 0.467 e. The van der Waals surface area contributed by atoms with Gasteiger partial charge < -0.3 is 9.47 Å². The molecule has 1 aromatic rings. The van der Waals surface area contributed by atoms with Gasteiger partial charge in [-0.3, -0.25) is 0 Å². The second-order valence-electron chi connectivity index (χ2n) is 2.91. The van der Waals surface area contributed by atoms with Crippen LogP contribution in [0.5, 0.6) is 5.75 Å². The summed E-state index contributed by atoms with van der Waals surface area (Å²) in [6.45, 7) is 3.21. The number of fused-ring (bicyclic) bond motifs is 1. The van der Waals surface area contributed by atoms with Gasteiger partial charge in [0.1, 0.15) is 5.75 Å². The maximum absolute atomic E-state index is 5.34. The minimum atomic E-state index is 0.389. The summed E-state index contributed by atoms with van der Waals surface area (Å²) in [5, 5.41) is 0. The highest BCUT2D eigenvalue weighted by Gasteiger charge is 2.09. The van der Waals surface area contributed by atoms with Gasteiger partial charge in [-0.05, 0) is 18.1 Å². The lowest BCUT2D eigenvalue weighted by atomic mass is 10.1. The number of hydrogen-bond acceptors (Lipinski definition) is 2. The fraction of sp³-hybridized carbons (Fsp3) is 0.400. The van der Waals surface area contributed by atoms with Gasteiger partial charge in [0.2, 0.25) is 0 Å². The zero-order valence-electron chi connectivity index (χ0n) is 7.17. The van der Waals surface area contributed by atoms with Crippen molar-refractivity contribution in [1.29, 1.82) is 0 Å². The summed E-state index contributed by atoms with van der Waals surface area (Å²) in [5.41, 5.74) is 2.47. The molecule has 2 heteroatoms. The first-order chi connectivity index (χ1) is 5.90. The number of hydrogen-bond donors (Lipinski definition) is 0. The maximum atomic E-state index is 5.34. The van der Waals surface area contributed by atoms with E-state index in [1.807, 2.05) is 0 Å². The van der Waals surface area contributed by atoms with Crippen molar-refractivity contribution in [3.05, 3.63) is 29.3 Å². The molecular weight excluding hydrogens is 152 g/mol. The average Bonchev–Trinajstić information content (AvgIpc) is 2.17. The normalized spacial score (nSPS) is 15.1. The molecule has 2 rings (SSSR count). The predicted molar refractivity (Wildman–Crippen MR) is 46.1 cm³/mol. The first-order valence-corrected chi connectivity index (χ1v) is 4.22. The zero-order chi connectivity index (χ0) is 8.39. The Hall–Kier alpha value is -1.02. The van der Waals surface area contributed by atoms with Gasteiger partial charge in [0.25, 0.3) is 0 Å². The quantitative estimate of drug-likeness (QED) is 0.633. The lowest BCUT2D eigenvalue weighted by Crippen LogP contribution is -2.11. The summed E-state index contributed by atoms with van der Waals surface area (Å²) < 4.78 is 10.5. The highest BCUT2D eigenvalue weighted by Crippen LogP contribution is 2.24. The number of benzene rings is 1. The van der Waals surface area contributed by atoms with Crippen molar-refractivity contribution in [2.45, 2.75) is 20.0 Å². The van der Waals surface area contributed by atoms with Crippen molar-refractivity contribution in [2.75, 3.05) is 6.79 Å². The molecule has 0 bridgehead atoms. The lowest BCUT2D eigenvalue weighted by molar-refractivity contribution is -0.0164. The lowest BCUT2D eigenvalue weighted by Gasteiger charge is -2.17. The summed E-state index contributed by atoms with van der Waals surface area (Å²) in [5.74, 6) is 0.987. The van der Waals surface area contributed by atoms with Crippen LogP contribution >= 0.6 is 0 Å². The van der Waals surface area contributed by atoms with E-state index >= 15 is 0 Å². The van der Waals surface area contributed by atoms with Gasteiger partial charge in [0.05, 0.1) is 6.61 Å². The third-order valence-corrected chi connectivity index (χ3v) is 2.10. The highest BCUT2D eigenvalue weighted by molar-refractivity contribution is 5.37. The van der Waals surface area contributed by atoms with Crippen LogP contribution in [-0.4, -0.2) is 6.79 Å². The Kier molecular flexibility index (Phi) is 2.00. The van der Waals surface area contributed by atoms with E-state index < -0.39 is 0 Å². The Labute approximate surface area is 72.1 Å². The van der Waals surface area contributed by atoms with Crippen LogP contribution in [0, 0.1) is 0 Å². The van der Waals surface area contributed by atoms with E-state index in [9.17, 15) is 0 Å². The van der Waals surface area contributed by atoms with Crippen molar-refractivity contribution in [3.8, 4) is 5.75 Å². The van der Waals surface area contributed by atoms with Gasteiger partial charge in [-0.2, -0.15) is 0 Å². The maximum Gasteiger partial charge on any atom is 0.189 e. The third kappa shape index (κ3) is 1.30. The van der Waals surface area contributed by atoms with E-state index in [0.29, 0.717) is 13.4 Å². The summed E-state index contributed by atoms with van der Waals surface area (Å²) in [6, 6.07) is 6.29. The van der Waals surface area contributed by atoms with Gasteiger partial charge in [-0.25, -0.2) is 0 Å². The van der Waals surface area contributed by atoms with Crippen molar-refractivity contribution in [3.63, 3.8) is 0 Å². The van der Waals surface area contributed by atoms with E-state index in [4.69, 9.17) is 9.47 Å². The highest BCUT2D eigenvalue weighted by atomic mass is 16.7. The van der Waals surface area contributed by atoms with E-state index in [2.05, 4.69) is 25.1 Å². The van der Waals surface area contributed by atoms with Crippen molar-refractivity contribution < 1.29 is 9.47 Å². The van der Waals surface area contributed by atoms with Gasteiger partial charge in [0.15, 0.2) is 6.79 Å². The van der Waals surface area contributed by atoms with Gasteiger partial charge in [0, 0.05) is 5.56 Å². The van der Waals surface area contributed by atoms with Crippen LogP contribution in [0.4, 0.5) is 0 Å². The first-order valence-electron chi connectivity index (χ1n) is 4.22. The van der Waals surface area contributed by atoms with Crippen LogP contribution < -0.4 is 4.74 Å². The Morgan fingerprint density at radius 1 is 1.42 bits per heavy atom. The smallest absolute Gasteiger partial charge is 0.189 e. The minimum absolute atomic E-state index is 0.389. The molecule has 0 unspecified atom stereocenters. The Morgan fingerprint density at radius 2 is 2.33 bits per heavy atom. The van der Waals surface area contributed by atoms with Crippen molar-refractivity contribution in [2.24, 2.45) is 0 Å². The molecule has 0 aromatic heterocycles. The van der Waals surface area contributed by atoms with E-state index in [0.717, 1.165) is 17.7 Å².